The second kappa shape index (κ2) is 8.35. The van der Waals surface area contributed by atoms with Crippen molar-refractivity contribution in [2.24, 2.45) is 5.92 Å². The van der Waals surface area contributed by atoms with Crippen molar-refractivity contribution >= 4 is 29.2 Å². The third kappa shape index (κ3) is 5.57. The van der Waals surface area contributed by atoms with E-state index in [9.17, 15) is 4.79 Å². The van der Waals surface area contributed by atoms with Gasteiger partial charge in [0.25, 0.3) is 0 Å². The summed E-state index contributed by atoms with van der Waals surface area (Å²) < 4.78 is 9.97. The minimum Gasteiger partial charge on any atom is -0.480 e. The summed E-state index contributed by atoms with van der Waals surface area (Å²) in [4.78, 5) is 11.1. The smallest absolute Gasteiger partial charge is 0.343 e. The zero-order valence-corrected chi connectivity index (χ0v) is 13.3. The van der Waals surface area contributed by atoms with E-state index in [1.54, 1.807) is 12.1 Å². The number of nitrogens with one attached hydrogen (secondary N) is 1. The molecule has 0 saturated carbocycles. The van der Waals surface area contributed by atoms with Crippen LogP contribution in [0.1, 0.15) is 19.4 Å². The Kier molecular flexibility index (Phi) is 7.13. The summed E-state index contributed by atoms with van der Waals surface area (Å²) in [6.45, 7) is 5.48. The van der Waals surface area contributed by atoms with Crippen LogP contribution in [0.5, 0.6) is 5.75 Å². The third-order valence-corrected chi connectivity index (χ3v) is 3.01. The molecule has 4 nitrogen and oxygen atoms in total. The molecule has 0 saturated heterocycles. The van der Waals surface area contributed by atoms with Crippen molar-refractivity contribution in [3.8, 4) is 5.75 Å². The molecule has 1 aromatic carbocycles. The standard InChI is InChI=1S/C14H19Cl2NO3/c1-9(2)6-17-7-10-4-11(15)5-12(16)14(10)20-8-13(18)19-3/h4-5,9,17H,6-8H2,1-3H3. The van der Waals surface area contributed by atoms with E-state index < -0.39 is 5.97 Å². The van der Waals surface area contributed by atoms with Gasteiger partial charge in [-0.2, -0.15) is 0 Å². The van der Waals surface area contributed by atoms with Gasteiger partial charge in [0.2, 0.25) is 0 Å². The van der Waals surface area contributed by atoms with E-state index in [2.05, 4.69) is 23.9 Å². The minimum absolute atomic E-state index is 0.185. The molecule has 0 spiro atoms. The van der Waals surface area contributed by atoms with Gasteiger partial charge in [0.05, 0.1) is 12.1 Å². The Balaban J connectivity index is 2.81. The lowest BCUT2D eigenvalue weighted by atomic mass is 10.1. The van der Waals surface area contributed by atoms with E-state index in [4.69, 9.17) is 27.9 Å². The van der Waals surface area contributed by atoms with Crippen LogP contribution in [0.15, 0.2) is 12.1 Å². The molecule has 6 heteroatoms. The van der Waals surface area contributed by atoms with E-state index in [-0.39, 0.29) is 6.61 Å². The van der Waals surface area contributed by atoms with Crippen LogP contribution in [0.2, 0.25) is 10.0 Å². The summed E-state index contributed by atoms with van der Waals surface area (Å²) in [5.41, 5.74) is 0.812. The van der Waals surface area contributed by atoms with Gasteiger partial charge in [0.15, 0.2) is 6.61 Å². The van der Waals surface area contributed by atoms with Gasteiger partial charge in [-0.1, -0.05) is 37.0 Å². The predicted octanol–water partition coefficient (Wildman–Crippen LogP) is 3.29. The number of rotatable bonds is 7. The molecule has 1 aromatic rings. The highest BCUT2D eigenvalue weighted by Gasteiger charge is 2.13. The maximum atomic E-state index is 11.1. The van der Waals surface area contributed by atoms with Gasteiger partial charge >= 0.3 is 5.97 Å². The van der Waals surface area contributed by atoms with E-state index >= 15 is 0 Å². The molecule has 0 aliphatic heterocycles. The molecule has 0 aromatic heterocycles. The Labute approximate surface area is 129 Å². The molecule has 0 heterocycles. The maximum Gasteiger partial charge on any atom is 0.343 e. The molecule has 112 valence electrons. The summed E-state index contributed by atoms with van der Waals surface area (Å²) >= 11 is 12.1. The number of benzene rings is 1. The molecule has 20 heavy (non-hydrogen) atoms. The molecule has 0 radical (unpaired) electrons. The van der Waals surface area contributed by atoms with Crippen molar-refractivity contribution in [1.82, 2.24) is 5.32 Å². The number of ether oxygens (including phenoxy) is 2. The Morgan fingerprint density at radius 2 is 2.05 bits per heavy atom. The van der Waals surface area contributed by atoms with E-state index in [0.29, 0.717) is 28.3 Å². The van der Waals surface area contributed by atoms with Gasteiger partial charge in [-0.15, -0.1) is 0 Å². The number of carbonyl (C=O) groups is 1. The highest BCUT2D eigenvalue weighted by Crippen LogP contribution is 2.32. The first-order valence-corrected chi connectivity index (χ1v) is 7.08. The summed E-state index contributed by atoms with van der Waals surface area (Å²) in [7, 11) is 1.31. The second-order valence-electron chi connectivity index (χ2n) is 4.77. The topological polar surface area (TPSA) is 47.6 Å². The Morgan fingerprint density at radius 1 is 1.35 bits per heavy atom. The zero-order valence-electron chi connectivity index (χ0n) is 11.8. The average Bonchev–Trinajstić information content (AvgIpc) is 2.36. The number of halogens is 2. The lowest BCUT2D eigenvalue weighted by molar-refractivity contribution is -0.142. The predicted molar refractivity (Wildman–Crippen MR) is 80.5 cm³/mol. The summed E-state index contributed by atoms with van der Waals surface area (Å²) in [6, 6.07) is 3.36. The second-order valence-corrected chi connectivity index (χ2v) is 5.61. The third-order valence-electron chi connectivity index (χ3n) is 2.52. The molecular weight excluding hydrogens is 301 g/mol. The van der Waals surface area contributed by atoms with Gasteiger partial charge in [0.1, 0.15) is 5.75 Å². The molecular formula is C14H19Cl2NO3. The maximum absolute atomic E-state index is 11.1. The fourth-order valence-electron chi connectivity index (χ4n) is 1.59. The van der Waals surface area contributed by atoms with Crippen LogP contribution >= 0.6 is 23.2 Å². The molecule has 0 atom stereocenters. The fourth-order valence-corrected chi connectivity index (χ4v) is 2.18. The number of hydrogen-bond donors (Lipinski definition) is 1. The van der Waals surface area contributed by atoms with Gasteiger partial charge in [-0.25, -0.2) is 4.79 Å². The Hall–Kier alpha value is -0.970. The lowest BCUT2D eigenvalue weighted by Crippen LogP contribution is -2.20. The van der Waals surface area contributed by atoms with Crippen molar-refractivity contribution in [3.63, 3.8) is 0 Å². The van der Waals surface area contributed by atoms with Gasteiger partial charge < -0.3 is 14.8 Å². The molecule has 1 rings (SSSR count). The molecule has 0 aliphatic rings. The molecule has 0 amide bonds. The molecule has 0 unspecified atom stereocenters. The van der Waals surface area contributed by atoms with Crippen LogP contribution in [0.4, 0.5) is 0 Å². The summed E-state index contributed by atoms with van der Waals surface area (Å²) in [6.07, 6.45) is 0. The Morgan fingerprint density at radius 3 is 2.65 bits per heavy atom. The number of esters is 1. The van der Waals surface area contributed by atoms with Crippen molar-refractivity contribution in [3.05, 3.63) is 27.7 Å². The minimum atomic E-state index is -0.461. The highest BCUT2D eigenvalue weighted by atomic mass is 35.5. The summed E-state index contributed by atoms with van der Waals surface area (Å²) in [5, 5.41) is 4.19. The highest BCUT2D eigenvalue weighted by molar-refractivity contribution is 6.35. The number of methoxy groups -OCH3 is 1. The summed E-state index contributed by atoms with van der Waals surface area (Å²) in [5.74, 6) is 0.527. The van der Waals surface area contributed by atoms with Crippen molar-refractivity contribution in [2.75, 3.05) is 20.3 Å². The number of hydrogen-bond acceptors (Lipinski definition) is 4. The van der Waals surface area contributed by atoms with Gasteiger partial charge in [-0.05, 0) is 24.6 Å². The lowest BCUT2D eigenvalue weighted by Gasteiger charge is -2.14. The van der Waals surface area contributed by atoms with Gasteiger partial charge in [0, 0.05) is 17.1 Å². The van der Waals surface area contributed by atoms with Crippen LogP contribution in [0, 0.1) is 5.92 Å². The van der Waals surface area contributed by atoms with Crippen molar-refractivity contribution in [1.29, 1.82) is 0 Å². The van der Waals surface area contributed by atoms with Crippen LogP contribution in [-0.2, 0) is 16.1 Å². The molecule has 0 aliphatic carbocycles. The van der Waals surface area contributed by atoms with Crippen LogP contribution in [0.25, 0.3) is 0 Å². The Bertz CT molecular complexity index is 464. The van der Waals surface area contributed by atoms with E-state index in [1.807, 2.05) is 0 Å². The molecule has 1 N–H and O–H groups in total. The quantitative estimate of drug-likeness (QED) is 0.783. The largest absolute Gasteiger partial charge is 0.480 e. The average molecular weight is 320 g/mol. The van der Waals surface area contributed by atoms with E-state index in [0.717, 1.165) is 12.1 Å². The first kappa shape index (κ1) is 17.1. The fraction of sp³-hybridized carbons (Fsp3) is 0.500. The van der Waals surface area contributed by atoms with E-state index in [1.165, 1.54) is 7.11 Å². The first-order valence-electron chi connectivity index (χ1n) is 6.32. The molecule has 0 fully saturated rings. The zero-order chi connectivity index (χ0) is 15.1. The first-order chi connectivity index (χ1) is 9.43. The molecule has 0 bridgehead atoms. The van der Waals surface area contributed by atoms with Crippen LogP contribution in [0.3, 0.4) is 0 Å². The van der Waals surface area contributed by atoms with Crippen molar-refractivity contribution < 1.29 is 14.3 Å². The monoisotopic (exact) mass is 319 g/mol. The number of carbonyl (C=O) groups excluding carboxylic acids is 1. The SMILES string of the molecule is COC(=O)COc1c(Cl)cc(Cl)cc1CNCC(C)C. The van der Waals surface area contributed by atoms with Crippen LogP contribution < -0.4 is 10.1 Å². The van der Waals surface area contributed by atoms with Crippen molar-refractivity contribution in [2.45, 2.75) is 20.4 Å². The van der Waals surface area contributed by atoms with Gasteiger partial charge in [-0.3, -0.25) is 0 Å². The normalized spacial score (nSPS) is 10.7. The van der Waals surface area contributed by atoms with Crippen LogP contribution in [-0.4, -0.2) is 26.2 Å².